The van der Waals surface area contributed by atoms with Crippen molar-refractivity contribution in [3.63, 3.8) is 0 Å². The van der Waals surface area contributed by atoms with Crippen LogP contribution in [-0.2, 0) is 4.79 Å². The highest BCUT2D eigenvalue weighted by molar-refractivity contribution is 5.94. The summed E-state index contributed by atoms with van der Waals surface area (Å²) in [6.07, 6.45) is 1.12. The molecule has 19 heavy (non-hydrogen) atoms. The van der Waals surface area contributed by atoms with Gasteiger partial charge >= 0.3 is 0 Å². The van der Waals surface area contributed by atoms with Crippen LogP contribution in [0.1, 0.15) is 27.2 Å². The second kappa shape index (κ2) is 7.14. The molecule has 1 amide bonds. The van der Waals surface area contributed by atoms with E-state index in [9.17, 15) is 4.79 Å². The third-order valence-electron chi connectivity index (χ3n) is 3.49. The molecule has 0 radical (unpaired) electrons. The highest BCUT2D eigenvalue weighted by Gasteiger charge is 2.19. The largest absolute Gasteiger partial charge is 0.399 e. The Balaban J connectivity index is 2.57. The van der Waals surface area contributed by atoms with E-state index in [1.807, 2.05) is 26.1 Å². The van der Waals surface area contributed by atoms with E-state index < -0.39 is 0 Å². The Morgan fingerprint density at radius 2 is 2.11 bits per heavy atom. The lowest BCUT2D eigenvalue weighted by Gasteiger charge is -2.26. The smallest absolute Gasteiger partial charge is 0.241 e. The number of benzene rings is 1. The fourth-order valence-electron chi connectivity index (χ4n) is 1.84. The van der Waals surface area contributed by atoms with Gasteiger partial charge in [0.15, 0.2) is 0 Å². The quantitative estimate of drug-likeness (QED) is 0.776. The van der Waals surface area contributed by atoms with Gasteiger partial charge in [-0.3, -0.25) is 9.69 Å². The van der Waals surface area contributed by atoms with Crippen LogP contribution in [-0.4, -0.2) is 30.4 Å². The number of carbonyl (C=O) groups is 1. The molecule has 0 aliphatic heterocycles. The van der Waals surface area contributed by atoms with Gasteiger partial charge in [0.25, 0.3) is 0 Å². The van der Waals surface area contributed by atoms with Gasteiger partial charge in [0.05, 0.1) is 6.04 Å². The Bertz CT molecular complexity index is 420. The monoisotopic (exact) mass is 263 g/mol. The molecule has 0 aromatic heterocycles. The van der Waals surface area contributed by atoms with Crippen molar-refractivity contribution in [2.24, 2.45) is 5.92 Å². The number of nitrogens with two attached hydrogens (primary N) is 1. The summed E-state index contributed by atoms with van der Waals surface area (Å²) in [5.74, 6) is 0.587. The standard InChI is InChI=1S/C15H25N3O/c1-5-11(2)10-18(4)12(3)15(19)17-14-8-6-7-13(16)9-14/h6-9,11-12H,5,10,16H2,1-4H3,(H,17,19). The molecule has 2 unspecified atom stereocenters. The molecule has 0 aliphatic carbocycles. The first-order chi connectivity index (χ1) is 8.93. The first-order valence-corrected chi connectivity index (χ1v) is 6.80. The van der Waals surface area contributed by atoms with E-state index in [0.29, 0.717) is 11.6 Å². The third kappa shape index (κ3) is 4.91. The molecule has 0 bridgehead atoms. The SMILES string of the molecule is CCC(C)CN(C)C(C)C(=O)Nc1cccc(N)c1. The molecule has 0 aliphatic rings. The molecule has 3 N–H and O–H groups in total. The Kier molecular flexibility index (Phi) is 5.83. The van der Waals surface area contributed by atoms with Gasteiger partial charge in [-0.1, -0.05) is 26.3 Å². The normalized spacial score (nSPS) is 14.2. The van der Waals surface area contributed by atoms with Crippen molar-refractivity contribution < 1.29 is 4.79 Å². The maximum absolute atomic E-state index is 12.1. The van der Waals surface area contributed by atoms with Crippen molar-refractivity contribution in [1.82, 2.24) is 4.90 Å². The number of anilines is 2. The lowest BCUT2D eigenvalue weighted by Crippen LogP contribution is -2.41. The molecule has 4 heteroatoms. The van der Waals surface area contributed by atoms with Gasteiger partial charge in [-0.2, -0.15) is 0 Å². The highest BCUT2D eigenvalue weighted by atomic mass is 16.2. The number of nitrogen functional groups attached to an aromatic ring is 1. The summed E-state index contributed by atoms with van der Waals surface area (Å²) in [6, 6.07) is 7.08. The summed E-state index contributed by atoms with van der Waals surface area (Å²) in [6.45, 7) is 7.20. The van der Waals surface area contributed by atoms with Crippen molar-refractivity contribution in [2.75, 3.05) is 24.6 Å². The molecule has 106 valence electrons. The van der Waals surface area contributed by atoms with E-state index >= 15 is 0 Å². The highest BCUT2D eigenvalue weighted by Crippen LogP contribution is 2.13. The zero-order valence-electron chi connectivity index (χ0n) is 12.3. The molecule has 0 spiro atoms. The molecule has 1 aromatic carbocycles. The first kappa shape index (κ1) is 15.5. The molecule has 1 rings (SSSR count). The summed E-state index contributed by atoms with van der Waals surface area (Å²) in [5.41, 5.74) is 7.09. The minimum atomic E-state index is -0.157. The maximum Gasteiger partial charge on any atom is 0.241 e. The Hall–Kier alpha value is -1.55. The van der Waals surface area contributed by atoms with Crippen LogP contribution < -0.4 is 11.1 Å². The van der Waals surface area contributed by atoms with Gasteiger partial charge in [0, 0.05) is 17.9 Å². The fourth-order valence-corrected chi connectivity index (χ4v) is 1.84. The molecule has 0 heterocycles. The first-order valence-electron chi connectivity index (χ1n) is 6.80. The summed E-state index contributed by atoms with van der Waals surface area (Å²) in [5, 5.41) is 2.89. The Morgan fingerprint density at radius 1 is 1.42 bits per heavy atom. The van der Waals surface area contributed by atoms with Crippen LogP contribution in [0.2, 0.25) is 0 Å². The van der Waals surface area contributed by atoms with Crippen molar-refractivity contribution in [1.29, 1.82) is 0 Å². The topological polar surface area (TPSA) is 58.4 Å². The van der Waals surface area contributed by atoms with E-state index in [2.05, 4.69) is 24.1 Å². The predicted molar refractivity (Wildman–Crippen MR) is 81.0 cm³/mol. The maximum atomic E-state index is 12.1. The van der Waals surface area contributed by atoms with Crippen LogP contribution in [0.4, 0.5) is 11.4 Å². The van der Waals surface area contributed by atoms with Crippen LogP contribution in [0.15, 0.2) is 24.3 Å². The van der Waals surface area contributed by atoms with Gasteiger partial charge in [0.1, 0.15) is 0 Å². The average molecular weight is 263 g/mol. The zero-order chi connectivity index (χ0) is 14.4. The molecule has 0 saturated heterocycles. The average Bonchev–Trinajstić information content (AvgIpc) is 2.37. The Morgan fingerprint density at radius 3 is 2.68 bits per heavy atom. The second-order valence-corrected chi connectivity index (χ2v) is 5.24. The minimum Gasteiger partial charge on any atom is -0.399 e. The summed E-state index contributed by atoms with van der Waals surface area (Å²) in [7, 11) is 1.98. The van der Waals surface area contributed by atoms with Crippen LogP contribution >= 0.6 is 0 Å². The number of nitrogens with one attached hydrogen (secondary N) is 1. The number of carbonyl (C=O) groups excluding carboxylic acids is 1. The molecular formula is C15H25N3O. The van der Waals surface area contributed by atoms with Gasteiger partial charge in [-0.25, -0.2) is 0 Å². The van der Waals surface area contributed by atoms with Crippen molar-refractivity contribution in [3.8, 4) is 0 Å². The number of likely N-dealkylation sites (N-methyl/N-ethyl adjacent to an activating group) is 1. The number of hydrogen-bond acceptors (Lipinski definition) is 3. The summed E-state index contributed by atoms with van der Waals surface area (Å²) < 4.78 is 0. The molecular weight excluding hydrogens is 238 g/mol. The summed E-state index contributed by atoms with van der Waals surface area (Å²) >= 11 is 0. The number of amides is 1. The third-order valence-corrected chi connectivity index (χ3v) is 3.49. The minimum absolute atomic E-state index is 0.00333. The van der Waals surface area contributed by atoms with E-state index in [1.54, 1.807) is 12.1 Å². The van der Waals surface area contributed by atoms with Crippen molar-refractivity contribution in [3.05, 3.63) is 24.3 Å². The molecule has 2 atom stereocenters. The van der Waals surface area contributed by atoms with Crippen LogP contribution in [0.5, 0.6) is 0 Å². The lowest BCUT2D eigenvalue weighted by molar-refractivity contribution is -0.120. The number of rotatable bonds is 6. The van der Waals surface area contributed by atoms with Gasteiger partial charge in [-0.15, -0.1) is 0 Å². The van der Waals surface area contributed by atoms with E-state index in [-0.39, 0.29) is 11.9 Å². The van der Waals surface area contributed by atoms with Crippen LogP contribution in [0, 0.1) is 5.92 Å². The number of hydrogen-bond donors (Lipinski definition) is 2. The summed E-state index contributed by atoms with van der Waals surface area (Å²) in [4.78, 5) is 14.2. The lowest BCUT2D eigenvalue weighted by atomic mass is 10.1. The zero-order valence-corrected chi connectivity index (χ0v) is 12.3. The molecule has 0 saturated carbocycles. The Labute approximate surface area is 116 Å². The predicted octanol–water partition coefficient (Wildman–Crippen LogP) is 2.57. The van der Waals surface area contributed by atoms with E-state index in [4.69, 9.17) is 5.73 Å². The number of nitrogens with zero attached hydrogens (tertiary/aromatic N) is 1. The van der Waals surface area contributed by atoms with Gasteiger partial charge in [0.2, 0.25) is 5.91 Å². The van der Waals surface area contributed by atoms with Crippen LogP contribution in [0.3, 0.4) is 0 Å². The van der Waals surface area contributed by atoms with Gasteiger partial charge < -0.3 is 11.1 Å². The molecule has 0 fully saturated rings. The second-order valence-electron chi connectivity index (χ2n) is 5.24. The van der Waals surface area contributed by atoms with Crippen LogP contribution in [0.25, 0.3) is 0 Å². The molecule has 4 nitrogen and oxygen atoms in total. The fraction of sp³-hybridized carbons (Fsp3) is 0.533. The van der Waals surface area contributed by atoms with E-state index in [0.717, 1.165) is 18.7 Å². The van der Waals surface area contributed by atoms with Gasteiger partial charge in [-0.05, 0) is 38.1 Å². The van der Waals surface area contributed by atoms with Crippen molar-refractivity contribution >= 4 is 17.3 Å². The van der Waals surface area contributed by atoms with E-state index in [1.165, 1.54) is 0 Å². The molecule has 1 aromatic rings. The van der Waals surface area contributed by atoms with Crippen molar-refractivity contribution in [2.45, 2.75) is 33.2 Å².